The second kappa shape index (κ2) is 8.41. The minimum absolute atomic E-state index is 0.212. The first-order valence-corrected chi connectivity index (χ1v) is 5.63. The Kier molecular flexibility index (Phi) is 7.91. The molecule has 15 heavy (non-hydrogen) atoms. The maximum absolute atomic E-state index is 5.22. The maximum atomic E-state index is 5.22. The van der Waals surface area contributed by atoms with Gasteiger partial charge in [0.2, 0.25) is 0 Å². The highest BCUT2D eigenvalue weighted by atomic mass is 32.1. The lowest BCUT2D eigenvalue weighted by atomic mass is 10.0. The van der Waals surface area contributed by atoms with Crippen LogP contribution in [0.4, 0.5) is 0 Å². The van der Waals surface area contributed by atoms with Crippen LogP contribution >= 0.6 is 12.2 Å². The Morgan fingerprint density at radius 1 is 1.53 bits per heavy atom. The lowest BCUT2D eigenvalue weighted by Gasteiger charge is -2.05. The van der Waals surface area contributed by atoms with Gasteiger partial charge in [0.15, 0.2) is 5.11 Å². The molecule has 0 fully saturated rings. The lowest BCUT2D eigenvalue weighted by Crippen LogP contribution is -2.24. The number of rotatable bonds is 6. The molecule has 1 atom stereocenters. The fourth-order valence-corrected chi connectivity index (χ4v) is 1.17. The number of allylic oxidation sites excluding steroid dienone is 2. The van der Waals surface area contributed by atoms with Gasteiger partial charge in [-0.2, -0.15) is 5.10 Å². The molecular weight excluding hydrogens is 206 g/mol. The number of hydrazone groups is 1. The van der Waals surface area contributed by atoms with Gasteiger partial charge >= 0.3 is 0 Å². The Hall–Kier alpha value is -0.900. The van der Waals surface area contributed by atoms with E-state index in [1.807, 2.05) is 6.21 Å². The van der Waals surface area contributed by atoms with Crippen molar-refractivity contribution < 1.29 is 0 Å². The first kappa shape index (κ1) is 14.1. The van der Waals surface area contributed by atoms with E-state index in [0.717, 1.165) is 12.8 Å². The van der Waals surface area contributed by atoms with Crippen molar-refractivity contribution >= 4 is 23.5 Å². The van der Waals surface area contributed by atoms with Gasteiger partial charge in [0.25, 0.3) is 0 Å². The van der Waals surface area contributed by atoms with Crippen molar-refractivity contribution in [2.75, 3.05) is 0 Å². The van der Waals surface area contributed by atoms with Gasteiger partial charge in [0.05, 0.1) is 0 Å². The molecule has 4 heteroatoms. The number of nitrogens with one attached hydrogen (secondary N) is 1. The third-order valence-corrected chi connectivity index (χ3v) is 2.08. The fourth-order valence-electron chi connectivity index (χ4n) is 1.12. The predicted octanol–water partition coefficient (Wildman–Crippen LogP) is 2.58. The molecule has 0 aliphatic carbocycles. The molecule has 0 aliphatic rings. The maximum Gasteiger partial charge on any atom is 0.184 e. The van der Waals surface area contributed by atoms with Crippen molar-refractivity contribution in [2.24, 2.45) is 16.8 Å². The zero-order chi connectivity index (χ0) is 11.7. The average Bonchev–Trinajstić information content (AvgIpc) is 2.11. The highest BCUT2D eigenvalue weighted by Crippen LogP contribution is 2.10. The van der Waals surface area contributed by atoms with Crippen LogP contribution in [0.1, 0.15) is 40.0 Å². The number of thiocarbonyl (C=S) groups is 1. The van der Waals surface area contributed by atoms with Crippen LogP contribution in [0.15, 0.2) is 16.8 Å². The first-order chi connectivity index (χ1) is 7.02. The van der Waals surface area contributed by atoms with E-state index in [2.05, 4.69) is 49.6 Å². The molecule has 0 saturated heterocycles. The van der Waals surface area contributed by atoms with Crippen LogP contribution in [-0.4, -0.2) is 11.3 Å². The molecule has 0 heterocycles. The van der Waals surface area contributed by atoms with Gasteiger partial charge in [-0.3, -0.25) is 5.43 Å². The van der Waals surface area contributed by atoms with Crippen LogP contribution in [0.3, 0.4) is 0 Å². The Morgan fingerprint density at radius 3 is 2.73 bits per heavy atom. The summed E-state index contributed by atoms with van der Waals surface area (Å²) in [5, 5.41) is 4.11. The summed E-state index contributed by atoms with van der Waals surface area (Å²) < 4.78 is 0. The second-order valence-corrected chi connectivity index (χ2v) is 4.43. The van der Waals surface area contributed by atoms with Crippen LogP contribution in [-0.2, 0) is 0 Å². The van der Waals surface area contributed by atoms with E-state index in [4.69, 9.17) is 5.73 Å². The van der Waals surface area contributed by atoms with E-state index in [-0.39, 0.29) is 5.11 Å². The van der Waals surface area contributed by atoms with Crippen molar-refractivity contribution in [1.82, 2.24) is 5.43 Å². The first-order valence-electron chi connectivity index (χ1n) is 5.22. The van der Waals surface area contributed by atoms with Crippen LogP contribution in [0.5, 0.6) is 0 Å². The molecule has 0 saturated carbocycles. The molecule has 0 aromatic carbocycles. The molecular formula is C11H21N3S. The summed E-state index contributed by atoms with van der Waals surface area (Å²) in [7, 11) is 0. The van der Waals surface area contributed by atoms with E-state index < -0.39 is 0 Å². The summed E-state index contributed by atoms with van der Waals surface area (Å²) in [6, 6.07) is 0. The third kappa shape index (κ3) is 11.0. The summed E-state index contributed by atoms with van der Waals surface area (Å²) in [6.45, 7) is 6.46. The largest absolute Gasteiger partial charge is 0.375 e. The average molecular weight is 227 g/mol. The zero-order valence-corrected chi connectivity index (χ0v) is 10.6. The summed E-state index contributed by atoms with van der Waals surface area (Å²) in [5.74, 6) is 0.637. The topological polar surface area (TPSA) is 50.4 Å². The Balaban J connectivity index is 3.57. The van der Waals surface area contributed by atoms with E-state index in [0.29, 0.717) is 5.92 Å². The summed E-state index contributed by atoms with van der Waals surface area (Å²) in [4.78, 5) is 0. The van der Waals surface area contributed by atoms with Crippen molar-refractivity contribution in [3.8, 4) is 0 Å². The van der Waals surface area contributed by atoms with E-state index in [1.54, 1.807) is 0 Å². The monoisotopic (exact) mass is 227 g/mol. The van der Waals surface area contributed by atoms with E-state index in [9.17, 15) is 0 Å². The fraction of sp³-hybridized carbons (Fsp3) is 0.636. The van der Waals surface area contributed by atoms with Gasteiger partial charge in [-0.15, -0.1) is 0 Å². The van der Waals surface area contributed by atoms with Crippen LogP contribution < -0.4 is 11.2 Å². The SMILES string of the molecule is CC(C)=CCCC(C)C/C=N/NC(N)=S. The minimum atomic E-state index is 0.212. The van der Waals surface area contributed by atoms with Gasteiger partial charge in [-0.05, 0) is 51.2 Å². The molecule has 0 rings (SSSR count). The number of nitrogens with zero attached hydrogens (tertiary/aromatic N) is 1. The Bertz CT molecular complexity index is 242. The summed E-state index contributed by atoms with van der Waals surface area (Å²) in [5.41, 5.74) is 9.14. The smallest absolute Gasteiger partial charge is 0.184 e. The predicted molar refractivity (Wildman–Crippen MR) is 70.9 cm³/mol. The molecule has 86 valence electrons. The Labute approximate surface area is 97.8 Å². The van der Waals surface area contributed by atoms with Crippen molar-refractivity contribution in [2.45, 2.75) is 40.0 Å². The molecule has 0 radical (unpaired) electrons. The molecule has 0 spiro atoms. The molecule has 0 aliphatic heterocycles. The summed E-state index contributed by atoms with van der Waals surface area (Å²) in [6.07, 6.45) is 7.36. The molecule has 3 nitrogen and oxygen atoms in total. The van der Waals surface area contributed by atoms with Crippen LogP contribution in [0.25, 0.3) is 0 Å². The summed E-state index contributed by atoms with van der Waals surface area (Å²) >= 11 is 4.62. The highest BCUT2D eigenvalue weighted by Gasteiger charge is 1.98. The second-order valence-electron chi connectivity index (χ2n) is 3.99. The van der Waals surface area contributed by atoms with E-state index in [1.165, 1.54) is 12.0 Å². The number of hydrogen-bond donors (Lipinski definition) is 2. The van der Waals surface area contributed by atoms with Gasteiger partial charge < -0.3 is 5.73 Å². The number of hydrogen-bond acceptors (Lipinski definition) is 2. The van der Waals surface area contributed by atoms with Crippen LogP contribution in [0, 0.1) is 5.92 Å². The Morgan fingerprint density at radius 2 is 2.20 bits per heavy atom. The quantitative estimate of drug-likeness (QED) is 0.317. The molecule has 0 amide bonds. The van der Waals surface area contributed by atoms with E-state index >= 15 is 0 Å². The van der Waals surface area contributed by atoms with Crippen molar-refractivity contribution in [1.29, 1.82) is 0 Å². The molecule has 0 bridgehead atoms. The molecule has 3 N–H and O–H groups in total. The molecule has 0 aromatic rings. The van der Waals surface area contributed by atoms with Crippen LogP contribution in [0.2, 0.25) is 0 Å². The zero-order valence-electron chi connectivity index (χ0n) is 9.79. The third-order valence-electron chi connectivity index (χ3n) is 1.99. The van der Waals surface area contributed by atoms with Gasteiger partial charge in [0.1, 0.15) is 0 Å². The normalized spacial score (nSPS) is 12.5. The van der Waals surface area contributed by atoms with Crippen molar-refractivity contribution in [3.05, 3.63) is 11.6 Å². The number of nitrogens with two attached hydrogens (primary N) is 1. The molecule has 1 unspecified atom stereocenters. The minimum Gasteiger partial charge on any atom is -0.375 e. The van der Waals surface area contributed by atoms with Gasteiger partial charge in [-0.1, -0.05) is 18.6 Å². The molecule has 0 aromatic heterocycles. The standard InChI is InChI=1S/C11H21N3S/c1-9(2)5-4-6-10(3)7-8-13-14-11(12)15/h5,8,10H,4,6-7H2,1-3H3,(H3,12,14,15)/b13-8+. The van der Waals surface area contributed by atoms with Gasteiger partial charge in [0, 0.05) is 6.21 Å². The van der Waals surface area contributed by atoms with Crippen molar-refractivity contribution in [3.63, 3.8) is 0 Å². The van der Waals surface area contributed by atoms with Gasteiger partial charge in [-0.25, -0.2) is 0 Å². The lowest BCUT2D eigenvalue weighted by molar-refractivity contribution is 0.562. The highest BCUT2D eigenvalue weighted by molar-refractivity contribution is 7.80.